The maximum atomic E-state index is 13.2. The number of benzene rings is 1. The lowest BCUT2D eigenvalue weighted by molar-refractivity contribution is -0.121. The van der Waals surface area contributed by atoms with Crippen LogP contribution in [0.1, 0.15) is 44.0 Å². The van der Waals surface area contributed by atoms with Crippen LogP contribution in [0.3, 0.4) is 0 Å². The molecule has 1 unspecified atom stereocenters. The molecule has 0 aliphatic heterocycles. The van der Waals surface area contributed by atoms with E-state index in [9.17, 15) is 9.18 Å². The lowest BCUT2D eigenvalue weighted by atomic mass is 9.87. The van der Waals surface area contributed by atoms with Crippen molar-refractivity contribution in [1.29, 1.82) is 0 Å². The number of nitrogens with zero attached hydrogens (tertiary/aromatic N) is 2. The average molecular weight is 367 g/mol. The Kier molecular flexibility index (Phi) is 6.22. The summed E-state index contributed by atoms with van der Waals surface area (Å²) >= 11 is 0. The number of carbonyl (C=O) groups excluding carboxylic acids is 1. The highest BCUT2D eigenvalue weighted by molar-refractivity contribution is 5.76. The summed E-state index contributed by atoms with van der Waals surface area (Å²) in [7, 11) is 0. The second-order valence-electron chi connectivity index (χ2n) is 7.35. The Labute approximate surface area is 159 Å². The second kappa shape index (κ2) is 8.80. The van der Waals surface area contributed by atoms with Gasteiger partial charge in [0.15, 0.2) is 0 Å². The average Bonchev–Trinajstić information content (AvgIpc) is 3.05. The van der Waals surface area contributed by atoms with E-state index >= 15 is 0 Å². The summed E-state index contributed by atoms with van der Waals surface area (Å²) in [6, 6.07) is 12.4. The molecule has 1 atom stereocenters. The van der Waals surface area contributed by atoms with E-state index in [1.54, 1.807) is 12.1 Å². The molecule has 3 rings (SSSR count). The van der Waals surface area contributed by atoms with E-state index in [1.807, 2.05) is 35.0 Å². The van der Waals surface area contributed by atoms with Crippen molar-refractivity contribution in [3.8, 4) is 0 Å². The molecule has 2 heterocycles. The zero-order valence-corrected chi connectivity index (χ0v) is 15.9. The molecule has 142 valence electrons. The molecule has 0 radical (unpaired) electrons. The van der Waals surface area contributed by atoms with Crippen LogP contribution in [0.15, 0.2) is 54.9 Å². The van der Waals surface area contributed by atoms with E-state index in [4.69, 9.17) is 0 Å². The van der Waals surface area contributed by atoms with Crippen LogP contribution < -0.4 is 5.32 Å². The molecule has 27 heavy (non-hydrogen) atoms. The van der Waals surface area contributed by atoms with Crippen molar-refractivity contribution in [2.75, 3.05) is 6.54 Å². The SMILES string of the molecule is CC(C)CC(CC(=O)NCCc1ncc2ccccn12)c1ccc(F)cc1. The number of amides is 1. The van der Waals surface area contributed by atoms with E-state index in [-0.39, 0.29) is 17.6 Å². The lowest BCUT2D eigenvalue weighted by Gasteiger charge is -2.19. The monoisotopic (exact) mass is 367 g/mol. The molecule has 1 aromatic carbocycles. The van der Waals surface area contributed by atoms with Gasteiger partial charge in [0.05, 0.1) is 11.7 Å². The van der Waals surface area contributed by atoms with Crippen LogP contribution in [-0.2, 0) is 11.2 Å². The van der Waals surface area contributed by atoms with Crippen molar-refractivity contribution in [3.63, 3.8) is 0 Å². The highest BCUT2D eigenvalue weighted by atomic mass is 19.1. The van der Waals surface area contributed by atoms with Crippen LogP contribution in [0.2, 0.25) is 0 Å². The van der Waals surface area contributed by atoms with E-state index < -0.39 is 0 Å². The molecular weight excluding hydrogens is 341 g/mol. The molecule has 0 bridgehead atoms. The number of halogens is 1. The van der Waals surface area contributed by atoms with Crippen molar-refractivity contribution in [1.82, 2.24) is 14.7 Å². The topological polar surface area (TPSA) is 46.4 Å². The first-order chi connectivity index (χ1) is 13.0. The molecule has 5 heteroatoms. The van der Waals surface area contributed by atoms with E-state index in [0.29, 0.717) is 25.3 Å². The molecule has 4 nitrogen and oxygen atoms in total. The standard InChI is InChI=1S/C22H26FN3O/c1-16(2)13-18(17-6-8-19(23)9-7-17)14-22(27)24-11-10-21-25-15-20-5-3-4-12-26(20)21/h3-9,12,15-16,18H,10-11,13-14H2,1-2H3,(H,24,27). The molecule has 0 saturated heterocycles. The Morgan fingerprint density at radius 2 is 1.96 bits per heavy atom. The van der Waals surface area contributed by atoms with Crippen molar-refractivity contribution < 1.29 is 9.18 Å². The normalized spacial score (nSPS) is 12.4. The molecule has 0 aliphatic rings. The van der Waals surface area contributed by atoms with Gasteiger partial charge in [0.2, 0.25) is 5.91 Å². The first-order valence-electron chi connectivity index (χ1n) is 9.46. The Morgan fingerprint density at radius 1 is 1.19 bits per heavy atom. The van der Waals surface area contributed by atoms with Gasteiger partial charge in [-0.3, -0.25) is 4.79 Å². The number of fused-ring (bicyclic) bond motifs is 1. The van der Waals surface area contributed by atoms with Gasteiger partial charge in [-0.25, -0.2) is 9.37 Å². The third-order valence-electron chi connectivity index (χ3n) is 4.72. The smallest absolute Gasteiger partial charge is 0.220 e. The first-order valence-corrected chi connectivity index (χ1v) is 9.46. The quantitative estimate of drug-likeness (QED) is 0.643. The summed E-state index contributed by atoms with van der Waals surface area (Å²) in [5.74, 6) is 1.26. The van der Waals surface area contributed by atoms with Crippen LogP contribution in [0, 0.1) is 11.7 Å². The van der Waals surface area contributed by atoms with Crippen LogP contribution in [0.5, 0.6) is 0 Å². The van der Waals surface area contributed by atoms with Crippen molar-refractivity contribution in [2.45, 2.75) is 39.0 Å². The number of carbonyl (C=O) groups is 1. The van der Waals surface area contributed by atoms with Gasteiger partial charge in [-0.05, 0) is 48.1 Å². The fourth-order valence-corrected chi connectivity index (χ4v) is 3.44. The van der Waals surface area contributed by atoms with Gasteiger partial charge < -0.3 is 9.72 Å². The number of nitrogens with one attached hydrogen (secondary N) is 1. The van der Waals surface area contributed by atoms with Crippen LogP contribution in [-0.4, -0.2) is 21.8 Å². The highest BCUT2D eigenvalue weighted by Crippen LogP contribution is 2.27. The van der Waals surface area contributed by atoms with Gasteiger partial charge in [-0.15, -0.1) is 0 Å². The summed E-state index contributed by atoms with van der Waals surface area (Å²) in [4.78, 5) is 16.9. The maximum absolute atomic E-state index is 13.2. The van der Waals surface area contributed by atoms with Gasteiger partial charge in [-0.2, -0.15) is 0 Å². The molecule has 0 aliphatic carbocycles. The molecule has 0 fully saturated rings. The minimum atomic E-state index is -0.251. The molecule has 0 spiro atoms. The number of hydrogen-bond donors (Lipinski definition) is 1. The van der Waals surface area contributed by atoms with Crippen LogP contribution >= 0.6 is 0 Å². The molecule has 3 aromatic rings. The number of aromatic nitrogens is 2. The molecular formula is C22H26FN3O. The summed E-state index contributed by atoms with van der Waals surface area (Å²) in [5, 5.41) is 3.00. The van der Waals surface area contributed by atoms with E-state index in [1.165, 1.54) is 12.1 Å². The summed E-state index contributed by atoms with van der Waals surface area (Å²) in [5.41, 5.74) is 2.06. The molecule has 1 amide bonds. The number of pyridine rings is 1. The van der Waals surface area contributed by atoms with Crippen molar-refractivity contribution in [2.24, 2.45) is 5.92 Å². The zero-order valence-electron chi connectivity index (χ0n) is 15.9. The van der Waals surface area contributed by atoms with E-state index in [0.717, 1.165) is 23.3 Å². The number of imidazole rings is 1. The minimum absolute atomic E-state index is 0.0193. The summed E-state index contributed by atoms with van der Waals surface area (Å²) in [6.07, 6.45) is 5.79. The lowest BCUT2D eigenvalue weighted by Crippen LogP contribution is -2.28. The highest BCUT2D eigenvalue weighted by Gasteiger charge is 2.17. The Hall–Kier alpha value is -2.69. The van der Waals surface area contributed by atoms with Crippen molar-refractivity contribution >= 4 is 11.4 Å². The molecule has 2 aromatic heterocycles. The summed E-state index contributed by atoms with van der Waals surface area (Å²) in [6.45, 7) is 4.82. The third kappa shape index (κ3) is 5.16. The summed E-state index contributed by atoms with van der Waals surface area (Å²) < 4.78 is 15.2. The third-order valence-corrected chi connectivity index (χ3v) is 4.72. The predicted molar refractivity (Wildman–Crippen MR) is 105 cm³/mol. The maximum Gasteiger partial charge on any atom is 0.220 e. The first kappa shape index (κ1) is 19.1. The number of hydrogen-bond acceptors (Lipinski definition) is 2. The van der Waals surface area contributed by atoms with Gasteiger partial charge in [0.25, 0.3) is 0 Å². The predicted octanol–water partition coefficient (Wildman–Crippen LogP) is 4.35. The second-order valence-corrected chi connectivity index (χ2v) is 7.35. The van der Waals surface area contributed by atoms with Crippen molar-refractivity contribution in [3.05, 3.63) is 72.1 Å². The Balaban J connectivity index is 1.56. The largest absolute Gasteiger partial charge is 0.356 e. The zero-order chi connectivity index (χ0) is 19.2. The van der Waals surface area contributed by atoms with Crippen LogP contribution in [0.25, 0.3) is 5.52 Å². The minimum Gasteiger partial charge on any atom is -0.356 e. The van der Waals surface area contributed by atoms with Gasteiger partial charge in [-0.1, -0.05) is 32.0 Å². The van der Waals surface area contributed by atoms with Gasteiger partial charge >= 0.3 is 0 Å². The molecule has 0 saturated carbocycles. The molecule has 1 N–H and O–H groups in total. The van der Waals surface area contributed by atoms with Gasteiger partial charge in [0.1, 0.15) is 11.6 Å². The van der Waals surface area contributed by atoms with Crippen LogP contribution in [0.4, 0.5) is 4.39 Å². The fourth-order valence-electron chi connectivity index (χ4n) is 3.44. The number of rotatable bonds is 8. The fraction of sp³-hybridized carbons (Fsp3) is 0.364. The Bertz CT molecular complexity index is 886. The van der Waals surface area contributed by atoms with Gasteiger partial charge in [0, 0.05) is 25.6 Å². The van der Waals surface area contributed by atoms with E-state index in [2.05, 4.69) is 24.1 Å². The Morgan fingerprint density at radius 3 is 2.70 bits per heavy atom.